The van der Waals surface area contributed by atoms with Crippen LogP contribution in [0.3, 0.4) is 0 Å². The Morgan fingerprint density at radius 1 is 0.909 bits per heavy atom. The number of aryl methyl sites for hydroxylation is 2. The Morgan fingerprint density at radius 2 is 1.64 bits per heavy atom. The topological polar surface area (TPSA) is 30.5 Å². The number of hydrogen-bond donors (Lipinski definition) is 1. The first kappa shape index (κ1) is 16.4. The Morgan fingerprint density at radius 3 is 2.32 bits per heavy atom. The highest BCUT2D eigenvalue weighted by atomic mass is 16.5. The third-order valence-corrected chi connectivity index (χ3v) is 3.44. The smallest absolute Gasteiger partial charge is 0.122 e. The number of rotatable bonds is 8. The highest BCUT2D eigenvalue weighted by Crippen LogP contribution is 2.18. The summed E-state index contributed by atoms with van der Waals surface area (Å²) in [5.74, 6) is 1.81. The van der Waals surface area contributed by atoms with Gasteiger partial charge in [-0.25, -0.2) is 0 Å². The molecule has 1 N–H and O–H groups in total. The summed E-state index contributed by atoms with van der Waals surface area (Å²) in [6.45, 7) is 9.21. The minimum atomic E-state index is 0.542. The molecule has 0 saturated carbocycles. The molecular weight excluding hydrogens is 274 g/mol. The number of hydrogen-bond acceptors (Lipinski definition) is 3. The fourth-order valence-corrected chi connectivity index (χ4v) is 2.25. The highest BCUT2D eigenvalue weighted by molar-refractivity contribution is 5.35. The number of nitrogens with one attached hydrogen (secondary N) is 1. The molecule has 0 fully saturated rings. The first-order valence-corrected chi connectivity index (χ1v) is 7.81. The van der Waals surface area contributed by atoms with Crippen LogP contribution in [0.4, 0.5) is 0 Å². The van der Waals surface area contributed by atoms with Crippen molar-refractivity contribution in [3.63, 3.8) is 0 Å². The summed E-state index contributed by atoms with van der Waals surface area (Å²) >= 11 is 0. The molecule has 22 heavy (non-hydrogen) atoms. The molecule has 0 aromatic heterocycles. The lowest BCUT2D eigenvalue weighted by Gasteiger charge is -2.11. The van der Waals surface area contributed by atoms with Crippen molar-refractivity contribution in [3.05, 3.63) is 59.2 Å². The molecule has 0 unspecified atom stereocenters. The first-order chi connectivity index (χ1) is 10.7. The lowest BCUT2D eigenvalue weighted by atomic mass is 10.1. The molecule has 0 saturated heterocycles. The minimum Gasteiger partial charge on any atom is -0.490 e. The van der Waals surface area contributed by atoms with E-state index < -0.39 is 0 Å². The van der Waals surface area contributed by atoms with Crippen molar-refractivity contribution in [1.82, 2.24) is 5.32 Å². The average molecular weight is 299 g/mol. The van der Waals surface area contributed by atoms with Gasteiger partial charge in [0.05, 0.1) is 0 Å². The van der Waals surface area contributed by atoms with E-state index in [2.05, 4.69) is 50.4 Å². The maximum Gasteiger partial charge on any atom is 0.122 e. The van der Waals surface area contributed by atoms with Crippen molar-refractivity contribution < 1.29 is 9.47 Å². The van der Waals surface area contributed by atoms with Crippen LogP contribution in [0.15, 0.2) is 42.5 Å². The quantitative estimate of drug-likeness (QED) is 0.751. The van der Waals surface area contributed by atoms with Crippen LogP contribution in [-0.4, -0.2) is 19.8 Å². The lowest BCUT2D eigenvalue weighted by molar-refractivity contribution is 0.216. The van der Waals surface area contributed by atoms with Crippen molar-refractivity contribution in [2.45, 2.75) is 27.3 Å². The normalized spacial score (nSPS) is 10.5. The van der Waals surface area contributed by atoms with E-state index in [1.54, 1.807) is 0 Å². The second kappa shape index (κ2) is 8.44. The molecule has 0 amide bonds. The largest absolute Gasteiger partial charge is 0.490 e. The fraction of sp³-hybridized carbons (Fsp3) is 0.368. The van der Waals surface area contributed by atoms with Crippen LogP contribution < -0.4 is 14.8 Å². The van der Waals surface area contributed by atoms with Crippen LogP contribution in [0.5, 0.6) is 11.5 Å². The Hall–Kier alpha value is -2.00. The maximum absolute atomic E-state index is 5.76. The Balaban J connectivity index is 1.74. The molecule has 0 aliphatic heterocycles. The first-order valence-electron chi connectivity index (χ1n) is 7.81. The standard InChI is InChI=1S/C19H25NO2/c1-4-20-14-17-6-8-18(9-7-17)21-11-12-22-19-10-5-15(2)13-16(19)3/h5-10,13,20H,4,11-12,14H2,1-3H3. The van der Waals surface area contributed by atoms with Crippen molar-refractivity contribution in [2.75, 3.05) is 19.8 Å². The fourth-order valence-electron chi connectivity index (χ4n) is 2.25. The number of benzene rings is 2. The zero-order chi connectivity index (χ0) is 15.8. The van der Waals surface area contributed by atoms with Gasteiger partial charge in [0.2, 0.25) is 0 Å². The summed E-state index contributed by atoms with van der Waals surface area (Å²) in [7, 11) is 0. The van der Waals surface area contributed by atoms with Crippen LogP contribution in [0, 0.1) is 13.8 Å². The van der Waals surface area contributed by atoms with Gasteiger partial charge in [-0.2, -0.15) is 0 Å². The molecular formula is C19H25NO2. The van der Waals surface area contributed by atoms with Crippen LogP contribution in [0.1, 0.15) is 23.6 Å². The van der Waals surface area contributed by atoms with Crippen molar-refractivity contribution >= 4 is 0 Å². The van der Waals surface area contributed by atoms with E-state index in [0.29, 0.717) is 13.2 Å². The summed E-state index contributed by atoms with van der Waals surface area (Å²) in [5, 5.41) is 3.30. The molecule has 3 nitrogen and oxygen atoms in total. The van der Waals surface area contributed by atoms with Crippen molar-refractivity contribution in [1.29, 1.82) is 0 Å². The molecule has 0 radical (unpaired) electrons. The van der Waals surface area contributed by atoms with Gasteiger partial charge in [0.1, 0.15) is 24.7 Å². The van der Waals surface area contributed by atoms with Gasteiger partial charge in [0, 0.05) is 6.54 Å². The van der Waals surface area contributed by atoms with Crippen LogP contribution in [0.2, 0.25) is 0 Å². The van der Waals surface area contributed by atoms with E-state index in [-0.39, 0.29) is 0 Å². The van der Waals surface area contributed by atoms with Crippen LogP contribution in [0.25, 0.3) is 0 Å². The highest BCUT2D eigenvalue weighted by Gasteiger charge is 2.00. The Bertz CT molecular complexity index is 578. The molecule has 2 aromatic rings. The molecule has 0 bridgehead atoms. The molecule has 3 heteroatoms. The van der Waals surface area contributed by atoms with Gasteiger partial charge in [-0.3, -0.25) is 0 Å². The van der Waals surface area contributed by atoms with E-state index in [4.69, 9.17) is 9.47 Å². The average Bonchev–Trinajstić information content (AvgIpc) is 2.52. The van der Waals surface area contributed by atoms with Crippen molar-refractivity contribution in [3.8, 4) is 11.5 Å². The number of ether oxygens (including phenoxy) is 2. The van der Waals surface area contributed by atoms with Gasteiger partial charge in [-0.1, -0.05) is 36.8 Å². The summed E-state index contributed by atoms with van der Waals surface area (Å²) < 4.78 is 11.5. The van der Waals surface area contributed by atoms with E-state index in [0.717, 1.165) is 30.2 Å². The van der Waals surface area contributed by atoms with E-state index in [9.17, 15) is 0 Å². The molecule has 2 aromatic carbocycles. The van der Waals surface area contributed by atoms with Gasteiger partial charge in [-0.15, -0.1) is 0 Å². The van der Waals surface area contributed by atoms with Gasteiger partial charge >= 0.3 is 0 Å². The second-order valence-electron chi connectivity index (χ2n) is 5.39. The Kier molecular flexibility index (Phi) is 6.28. The van der Waals surface area contributed by atoms with E-state index in [1.165, 1.54) is 11.1 Å². The van der Waals surface area contributed by atoms with Gasteiger partial charge < -0.3 is 14.8 Å². The summed E-state index contributed by atoms with van der Waals surface area (Å²) in [5.41, 5.74) is 3.67. The molecule has 0 spiro atoms. The third kappa shape index (κ3) is 5.08. The monoisotopic (exact) mass is 299 g/mol. The lowest BCUT2D eigenvalue weighted by Crippen LogP contribution is -2.12. The maximum atomic E-state index is 5.76. The SMILES string of the molecule is CCNCc1ccc(OCCOc2ccc(C)cc2C)cc1. The van der Waals surface area contributed by atoms with Crippen molar-refractivity contribution in [2.24, 2.45) is 0 Å². The zero-order valence-corrected chi connectivity index (χ0v) is 13.7. The summed E-state index contributed by atoms with van der Waals surface area (Å²) in [6.07, 6.45) is 0. The third-order valence-electron chi connectivity index (χ3n) is 3.44. The predicted octanol–water partition coefficient (Wildman–Crippen LogP) is 3.87. The molecule has 0 heterocycles. The molecule has 2 rings (SSSR count). The van der Waals surface area contributed by atoms with Gasteiger partial charge in [-0.05, 0) is 49.7 Å². The molecule has 118 valence electrons. The summed E-state index contributed by atoms with van der Waals surface area (Å²) in [6, 6.07) is 14.4. The van der Waals surface area contributed by atoms with Gasteiger partial charge in [0.15, 0.2) is 0 Å². The van der Waals surface area contributed by atoms with E-state index in [1.807, 2.05) is 18.2 Å². The molecule has 0 atom stereocenters. The minimum absolute atomic E-state index is 0.542. The molecule has 0 aliphatic carbocycles. The molecule has 0 aliphatic rings. The van der Waals surface area contributed by atoms with Gasteiger partial charge in [0.25, 0.3) is 0 Å². The second-order valence-corrected chi connectivity index (χ2v) is 5.39. The summed E-state index contributed by atoms with van der Waals surface area (Å²) in [4.78, 5) is 0. The Labute approximate surface area is 133 Å². The van der Waals surface area contributed by atoms with Crippen LogP contribution >= 0.6 is 0 Å². The predicted molar refractivity (Wildman–Crippen MR) is 90.7 cm³/mol. The zero-order valence-electron chi connectivity index (χ0n) is 13.7. The van der Waals surface area contributed by atoms with Crippen LogP contribution in [-0.2, 0) is 6.54 Å². The van der Waals surface area contributed by atoms with E-state index >= 15 is 0 Å².